The normalized spacial score (nSPS) is 12.2. The quantitative estimate of drug-likeness (QED) is 0.285. The van der Waals surface area contributed by atoms with Gasteiger partial charge in [-0.2, -0.15) is 23.5 Å². The molecule has 0 aliphatic carbocycles. The van der Waals surface area contributed by atoms with Crippen LogP contribution in [0.2, 0.25) is 0 Å². The van der Waals surface area contributed by atoms with Crippen LogP contribution in [-0.4, -0.2) is 50.9 Å². The average Bonchev–Trinajstić information content (AvgIpc) is 3.62. The van der Waals surface area contributed by atoms with E-state index in [0.717, 1.165) is 11.1 Å². The molecule has 1 atom stereocenters. The topological polar surface area (TPSA) is 107 Å². The Hall–Kier alpha value is -5.18. The predicted octanol–water partition coefficient (Wildman–Crippen LogP) is 5.62. The molecule has 0 radical (unpaired) electrons. The summed E-state index contributed by atoms with van der Waals surface area (Å²) >= 11 is 0. The van der Waals surface area contributed by atoms with Crippen LogP contribution in [0.25, 0.3) is 22.3 Å². The maximum Gasteiger partial charge on any atom is 0.472 e. The van der Waals surface area contributed by atoms with Crippen molar-refractivity contribution in [2.24, 2.45) is 0 Å². The first-order valence-electron chi connectivity index (χ1n) is 12.2. The Bertz CT molecular complexity index is 1700. The summed E-state index contributed by atoms with van der Waals surface area (Å²) in [6.45, 7) is 0. The molecule has 0 aliphatic heterocycles. The summed E-state index contributed by atoms with van der Waals surface area (Å²) < 4.78 is 42.7. The summed E-state index contributed by atoms with van der Waals surface area (Å²) in [6.07, 6.45) is 1.38. The Morgan fingerprint density at radius 3 is 2.52 bits per heavy atom. The summed E-state index contributed by atoms with van der Waals surface area (Å²) in [5.74, 6) is -2.03. The fourth-order valence-electron chi connectivity index (χ4n) is 4.47. The van der Waals surface area contributed by atoms with Gasteiger partial charge in [-0.1, -0.05) is 12.1 Å². The molecular formula is C28H23F3N8O. The lowest BCUT2D eigenvalue weighted by atomic mass is 10.0. The zero-order valence-electron chi connectivity index (χ0n) is 21.5. The number of aromatic amines is 1. The van der Waals surface area contributed by atoms with Crippen LogP contribution in [-0.2, 0) is 4.79 Å². The maximum absolute atomic E-state index is 13.7. The van der Waals surface area contributed by atoms with Crippen molar-refractivity contribution >= 4 is 34.0 Å². The van der Waals surface area contributed by atoms with E-state index >= 15 is 0 Å². The first-order valence-corrected chi connectivity index (χ1v) is 12.2. The number of nitrogens with one attached hydrogen (secondary N) is 1. The molecule has 1 N–H and O–H groups in total. The lowest BCUT2D eigenvalue weighted by molar-refractivity contribution is -0.169. The molecule has 0 saturated heterocycles. The summed E-state index contributed by atoms with van der Waals surface area (Å²) in [6, 6.07) is 15.7. The molecule has 0 spiro atoms. The standard InChI is InChI=1S/C28H23F3N8O/c1-37(2)20-6-8-21(9-7-20)39(27(40)28(29,30)31)22-5-3-4-18(14-22)24(10-12-32)38-16-19(15-36-38)25-23-11-13-33-26(23)35-17-34-25/h3-9,11,13-17,24H,10H2,1-2H3,(H,33,34,35). The number of carbonyl (C=O) groups excluding carboxylic acids is 1. The van der Waals surface area contributed by atoms with Crippen molar-refractivity contribution in [1.29, 1.82) is 5.26 Å². The lowest BCUT2D eigenvalue weighted by Crippen LogP contribution is -2.38. The predicted molar refractivity (Wildman–Crippen MR) is 144 cm³/mol. The molecule has 5 rings (SSSR count). The molecule has 202 valence electrons. The number of anilines is 3. The fourth-order valence-corrected chi connectivity index (χ4v) is 4.47. The van der Waals surface area contributed by atoms with Crippen molar-refractivity contribution < 1.29 is 18.0 Å². The third-order valence-electron chi connectivity index (χ3n) is 6.42. The van der Waals surface area contributed by atoms with Gasteiger partial charge in [-0.15, -0.1) is 0 Å². The number of benzene rings is 2. The van der Waals surface area contributed by atoms with E-state index in [-0.39, 0.29) is 17.8 Å². The largest absolute Gasteiger partial charge is 0.472 e. The van der Waals surface area contributed by atoms with Crippen molar-refractivity contribution in [1.82, 2.24) is 24.7 Å². The minimum absolute atomic E-state index is 0.0116. The lowest BCUT2D eigenvalue weighted by Gasteiger charge is -2.26. The molecule has 0 bridgehead atoms. The van der Waals surface area contributed by atoms with E-state index in [1.54, 1.807) is 66.5 Å². The van der Waals surface area contributed by atoms with E-state index in [1.165, 1.54) is 30.6 Å². The number of halogens is 3. The van der Waals surface area contributed by atoms with Gasteiger partial charge in [0, 0.05) is 54.5 Å². The van der Waals surface area contributed by atoms with Crippen LogP contribution in [0, 0.1) is 11.3 Å². The van der Waals surface area contributed by atoms with E-state index in [9.17, 15) is 23.2 Å². The first kappa shape index (κ1) is 26.4. The number of amides is 1. The number of carbonyl (C=O) groups is 1. The van der Waals surface area contributed by atoms with E-state index in [4.69, 9.17) is 0 Å². The molecule has 0 aliphatic rings. The Balaban J connectivity index is 1.55. The molecule has 3 heterocycles. The summed E-state index contributed by atoms with van der Waals surface area (Å²) in [7, 11) is 3.61. The highest BCUT2D eigenvalue weighted by molar-refractivity contribution is 6.03. The highest BCUT2D eigenvalue weighted by Crippen LogP contribution is 2.35. The number of H-pyrrole nitrogens is 1. The Morgan fingerprint density at radius 2 is 1.82 bits per heavy atom. The average molecular weight is 545 g/mol. The monoisotopic (exact) mass is 544 g/mol. The molecule has 1 unspecified atom stereocenters. The number of rotatable bonds is 7. The van der Waals surface area contributed by atoms with Crippen molar-refractivity contribution in [2.75, 3.05) is 23.9 Å². The number of fused-ring (bicyclic) bond motifs is 1. The van der Waals surface area contributed by atoms with Crippen LogP contribution in [0.1, 0.15) is 18.0 Å². The van der Waals surface area contributed by atoms with E-state index in [0.29, 0.717) is 27.4 Å². The molecule has 9 nitrogen and oxygen atoms in total. The Morgan fingerprint density at radius 1 is 1.07 bits per heavy atom. The minimum atomic E-state index is -5.11. The van der Waals surface area contributed by atoms with Crippen LogP contribution in [0.3, 0.4) is 0 Å². The van der Waals surface area contributed by atoms with Gasteiger partial charge in [0.25, 0.3) is 0 Å². The third-order valence-corrected chi connectivity index (χ3v) is 6.42. The highest BCUT2D eigenvalue weighted by Gasteiger charge is 2.44. The zero-order chi connectivity index (χ0) is 28.4. The van der Waals surface area contributed by atoms with Gasteiger partial charge < -0.3 is 9.88 Å². The van der Waals surface area contributed by atoms with Gasteiger partial charge in [-0.05, 0) is 48.0 Å². The first-order chi connectivity index (χ1) is 19.2. The van der Waals surface area contributed by atoms with Gasteiger partial charge in [0.15, 0.2) is 0 Å². The number of nitriles is 1. The van der Waals surface area contributed by atoms with Crippen molar-refractivity contribution in [3.8, 4) is 17.3 Å². The van der Waals surface area contributed by atoms with Crippen molar-refractivity contribution in [3.05, 3.63) is 85.1 Å². The molecular weight excluding hydrogens is 521 g/mol. The van der Waals surface area contributed by atoms with Crippen LogP contribution in [0.4, 0.5) is 30.2 Å². The smallest absolute Gasteiger partial charge is 0.378 e. The number of alkyl halides is 3. The zero-order valence-corrected chi connectivity index (χ0v) is 21.5. The fraction of sp³-hybridized carbons (Fsp3) is 0.179. The van der Waals surface area contributed by atoms with Crippen LogP contribution in [0.5, 0.6) is 0 Å². The second-order valence-corrected chi connectivity index (χ2v) is 9.19. The SMILES string of the molecule is CN(C)c1ccc(N(C(=O)C(F)(F)F)c2cccc(C(CC#N)n3cc(-c4ncnc5[nH]ccc45)cn3)c2)cc1. The van der Waals surface area contributed by atoms with Gasteiger partial charge in [0.1, 0.15) is 12.0 Å². The molecule has 0 fully saturated rings. The maximum atomic E-state index is 13.7. The molecule has 3 aromatic heterocycles. The molecule has 0 saturated carbocycles. The molecule has 1 amide bonds. The highest BCUT2D eigenvalue weighted by atomic mass is 19.4. The van der Waals surface area contributed by atoms with Crippen molar-refractivity contribution in [3.63, 3.8) is 0 Å². The summed E-state index contributed by atoms with van der Waals surface area (Å²) in [5.41, 5.74) is 3.33. The number of hydrogen-bond donors (Lipinski definition) is 1. The molecule has 12 heteroatoms. The van der Waals surface area contributed by atoms with Gasteiger partial charge >= 0.3 is 12.1 Å². The minimum Gasteiger partial charge on any atom is -0.378 e. The Kier molecular flexibility index (Phi) is 6.96. The van der Waals surface area contributed by atoms with E-state index < -0.39 is 18.1 Å². The van der Waals surface area contributed by atoms with Crippen LogP contribution >= 0.6 is 0 Å². The second-order valence-electron chi connectivity index (χ2n) is 9.19. The Labute approximate surface area is 227 Å². The molecule has 2 aromatic carbocycles. The molecule has 40 heavy (non-hydrogen) atoms. The number of aromatic nitrogens is 5. The summed E-state index contributed by atoms with van der Waals surface area (Å²) in [5, 5.41) is 14.8. The third kappa shape index (κ3) is 5.09. The summed E-state index contributed by atoms with van der Waals surface area (Å²) in [4.78, 5) is 26.6. The van der Waals surface area contributed by atoms with Gasteiger partial charge in [0.2, 0.25) is 0 Å². The van der Waals surface area contributed by atoms with E-state index in [2.05, 4.69) is 26.1 Å². The van der Waals surface area contributed by atoms with E-state index in [1.807, 2.05) is 6.07 Å². The number of hydrogen-bond acceptors (Lipinski definition) is 6. The van der Waals surface area contributed by atoms with Gasteiger partial charge in [0.05, 0.1) is 30.4 Å². The van der Waals surface area contributed by atoms with Gasteiger partial charge in [-0.3, -0.25) is 14.4 Å². The van der Waals surface area contributed by atoms with Crippen molar-refractivity contribution in [2.45, 2.75) is 18.6 Å². The molecule has 5 aromatic rings. The van der Waals surface area contributed by atoms with Crippen LogP contribution < -0.4 is 9.80 Å². The number of nitrogens with zero attached hydrogens (tertiary/aromatic N) is 7. The second kappa shape index (κ2) is 10.5. The van der Waals surface area contributed by atoms with Gasteiger partial charge in [-0.25, -0.2) is 9.97 Å². The van der Waals surface area contributed by atoms with Crippen LogP contribution in [0.15, 0.2) is 79.5 Å².